The molecule has 0 saturated carbocycles. The van der Waals surface area contributed by atoms with Crippen LogP contribution in [0.4, 0.5) is 4.39 Å². The summed E-state index contributed by atoms with van der Waals surface area (Å²) in [6.45, 7) is 3.73. The molecule has 2 aromatic rings. The number of aromatic amines is 1. The van der Waals surface area contributed by atoms with E-state index in [9.17, 15) is 9.18 Å². The maximum Gasteiger partial charge on any atom is 0.274 e. The summed E-state index contributed by atoms with van der Waals surface area (Å²) in [4.78, 5) is 12.0. The Hall–Kier alpha value is -1.55. The molecule has 1 aromatic heterocycles. The molecule has 1 N–H and O–H groups in total. The molecule has 0 spiro atoms. The van der Waals surface area contributed by atoms with E-state index in [1.807, 2.05) is 13.8 Å². The predicted octanol–water partition coefficient (Wildman–Crippen LogP) is 2.83. The molecule has 0 aliphatic carbocycles. The van der Waals surface area contributed by atoms with Crippen LogP contribution in [0.1, 0.15) is 18.2 Å². The molecule has 0 unspecified atom stereocenters. The normalized spacial score (nSPS) is 10.8. The van der Waals surface area contributed by atoms with E-state index in [2.05, 4.69) is 5.10 Å². The molecule has 1 heterocycles. The number of rotatable bonds is 2. The first-order valence-corrected chi connectivity index (χ1v) is 5.68. The molecule has 0 atom stereocenters. The molecule has 17 heavy (non-hydrogen) atoms. The number of aromatic nitrogens is 2. The quantitative estimate of drug-likeness (QED) is 0.879. The van der Waals surface area contributed by atoms with Crippen LogP contribution in [0.25, 0.3) is 5.69 Å². The minimum Gasteiger partial charge on any atom is -0.295 e. The van der Waals surface area contributed by atoms with Gasteiger partial charge in [-0.2, -0.15) is 0 Å². The van der Waals surface area contributed by atoms with Crippen molar-refractivity contribution < 1.29 is 4.39 Å². The van der Waals surface area contributed by atoms with Crippen LogP contribution >= 0.6 is 11.6 Å². The second-order valence-corrected chi connectivity index (χ2v) is 4.22. The van der Waals surface area contributed by atoms with Crippen molar-refractivity contribution in [3.8, 4) is 5.69 Å². The lowest BCUT2D eigenvalue weighted by Gasteiger charge is -2.02. The number of nitrogens with one attached hydrogen (secondary N) is 1. The average Bonchev–Trinajstić information content (AvgIpc) is 2.58. The van der Waals surface area contributed by atoms with E-state index in [-0.39, 0.29) is 10.6 Å². The van der Waals surface area contributed by atoms with Crippen LogP contribution in [0.15, 0.2) is 23.0 Å². The maximum absolute atomic E-state index is 13.3. The Kier molecular flexibility index (Phi) is 3.07. The first-order valence-electron chi connectivity index (χ1n) is 5.30. The van der Waals surface area contributed by atoms with Gasteiger partial charge in [-0.25, -0.2) is 9.07 Å². The van der Waals surface area contributed by atoms with Gasteiger partial charge >= 0.3 is 0 Å². The predicted molar refractivity (Wildman–Crippen MR) is 65.5 cm³/mol. The van der Waals surface area contributed by atoms with Gasteiger partial charge in [0.05, 0.1) is 10.7 Å². The van der Waals surface area contributed by atoms with Crippen molar-refractivity contribution in [2.75, 3.05) is 0 Å². The molecule has 0 aliphatic rings. The minimum atomic E-state index is -0.540. The first-order chi connectivity index (χ1) is 8.04. The molecule has 0 bridgehead atoms. The molecule has 90 valence electrons. The lowest BCUT2D eigenvalue weighted by atomic mass is 10.2. The molecular weight excluding hydrogens is 243 g/mol. The van der Waals surface area contributed by atoms with E-state index in [4.69, 9.17) is 11.6 Å². The minimum absolute atomic E-state index is 0.0424. The molecule has 2 rings (SSSR count). The van der Waals surface area contributed by atoms with Crippen molar-refractivity contribution in [3.05, 3.63) is 50.7 Å². The fourth-order valence-electron chi connectivity index (χ4n) is 1.80. The Bertz CT molecular complexity index is 615. The van der Waals surface area contributed by atoms with E-state index in [0.29, 0.717) is 17.7 Å². The Morgan fingerprint density at radius 3 is 2.71 bits per heavy atom. The molecule has 3 nitrogen and oxygen atoms in total. The highest BCUT2D eigenvalue weighted by Crippen LogP contribution is 2.17. The van der Waals surface area contributed by atoms with Crippen molar-refractivity contribution in [1.29, 1.82) is 0 Å². The third kappa shape index (κ3) is 2.00. The van der Waals surface area contributed by atoms with Gasteiger partial charge in [0, 0.05) is 17.3 Å². The van der Waals surface area contributed by atoms with E-state index < -0.39 is 5.82 Å². The van der Waals surface area contributed by atoms with Crippen molar-refractivity contribution >= 4 is 11.6 Å². The SMILES string of the molecule is CCc1c(C)[nH]n(-c2ccc(Cl)c(F)c2)c1=O. The highest BCUT2D eigenvalue weighted by Gasteiger charge is 2.11. The molecule has 0 saturated heterocycles. The van der Waals surface area contributed by atoms with Crippen molar-refractivity contribution in [2.24, 2.45) is 0 Å². The second-order valence-electron chi connectivity index (χ2n) is 3.81. The van der Waals surface area contributed by atoms with E-state index >= 15 is 0 Å². The standard InChI is InChI=1S/C12H12ClFN2O/c1-3-9-7(2)15-16(12(9)17)8-4-5-10(13)11(14)6-8/h4-6,15H,3H2,1-2H3. The molecule has 0 amide bonds. The number of nitrogens with zero attached hydrogens (tertiary/aromatic N) is 1. The van der Waals surface area contributed by atoms with Crippen molar-refractivity contribution in [2.45, 2.75) is 20.3 Å². The molecule has 0 aliphatic heterocycles. The van der Waals surface area contributed by atoms with E-state index in [0.717, 1.165) is 5.69 Å². The number of hydrogen-bond donors (Lipinski definition) is 1. The van der Waals surface area contributed by atoms with Gasteiger partial charge in [-0.1, -0.05) is 18.5 Å². The molecular formula is C12H12ClFN2O. The Morgan fingerprint density at radius 2 is 2.18 bits per heavy atom. The largest absolute Gasteiger partial charge is 0.295 e. The van der Waals surface area contributed by atoms with E-state index in [1.165, 1.54) is 16.8 Å². The van der Waals surface area contributed by atoms with Crippen LogP contribution < -0.4 is 5.56 Å². The lowest BCUT2D eigenvalue weighted by Crippen LogP contribution is -2.17. The van der Waals surface area contributed by atoms with Crippen molar-refractivity contribution in [3.63, 3.8) is 0 Å². The fourth-order valence-corrected chi connectivity index (χ4v) is 1.92. The van der Waals surface area contributed by atoms with Gasteiger partial charge in [-0.15, -0.1) is 0 Å². The van der Waals surface area contributed by atoms with Crippen LogP contribution in [0.5, 0.6) is 0 Å². The zero-order chi connectivity index (χ0) is 12.6. The number of H-pyrrole nitrogens is 1. The maximum atomic E-state index is 13.3. The van der Waals surface area contributed by atoms with Crippen molar-refractivity contribution in [1.82, 2.24) is 9.78 Å². The number of hydrogen-bond acceptors (Lipinski definition) is 1. The second kappa shape index (κ2) is 4.37. The highest BCUT2D eigenvalue weighted by atomic mass is 35.5. The fraction of sp³-hybridized carbons (Fsp3) is 0.250. The summed E-state index contributed by atoms with van der Waals surface area (Å²) >= 11 is 5.60. The van der Waals surface area contributed by atoms with Gasteiger partial charge in [0.1, 0.15) is 5.82 Å². The third-order valence-corrected chi connectivity index (χ3v) is 3.01. The van der Waals surface area contributed by atoms with Crippen LogP contribution in [0.2, 0.25) is 5.02 Å². The van der Waals surface area contributed by atoms with Gasteiger partial charge < -0.3 is 0 Å². The highest BCUT2D eigenvalue weighted by molar-refractivity contribution is 6.30. The van der Waals surface area contributed by atoms with Crippen LogP contribution in [-0.2, 0) is 6.42 Å². The van der Waals surface area contributed by atoms with Gasteiger partial charge in [0.25, 0.3) is 5.56 Å². The number of benzene rings is 1. The summed E-state index contributed by atoms with van der Waals surface area (Å²) in [5.74, 6) is -0.540. The molecule has 1 aromatic carbocycles. The molecule has 0 fully saturated rings. The van der Waals surface area contributed by atoms with Crippen LogP contribution in [-0.4, -0.2) is 9.78 Å². The smallest absolute Gasteiger partial charge is 0.274 e. The van der Waals surface area contributed by atoms with Crippen LogP contribution in [0.3, 0.4) is 0 Å². The lowest BCUT2D eigenvalue weighted by molar-refractivity contribution is 0.625. The summed E-state index contributed by atoms with van der Waals surface area (Å²) in [7, 11) is 0. The summed E-state index contributed by atoms with van der Waals surface area (Å²) in [5.41, 5.74) is 1.81. The zero-order valence-corrected chi connectivity index (χ0v) is 10.3. The van der Waals surface area contributed by atoms with E-state index in [1.54, 1.807) is 6.07 Å². The monoisotopic (exact) mass is 254 g/mol. The summed E-state index contributed by atoms with van der Waals surface area (Å²) < 4.78 is 14.7. The van der Waals surface area contributed by atoms with Gasteiger partial charge in [0.15, 0.2) is 0 Å². The van der Waals surface area contributed by atoms with Gasteiger partial charge in [-0.05, 0) is 25.5 Å². The Morgan fingerprint density at radius 1 is 1.47 bits per heavy atom. The average molecular weight is 255 g/mol. The first kappa shape index (κ1) is 11.9. The van der Waals surface area contributed by atoms with Gasteiger partial charge in [0.2, 0.25) is 0 Å². The molecule has 0 radical (unpaired) electrons. The summed E-state index contributed by atoms with van der Waals surface area (Å²) in [5, 5.41) is 2.96. The zero-order valence-electron chi connectivity index (χ0n) is 9.55. The Labute approximate surface area is 103 Å². The summed E-state index contributed by atoms with van der Waals surface area (Å²) in [6, 6.07) is 4.27. The van der Waals surface area contributed by atoms with Crippen LogP contribution in [0, 0.1) is 12.7 Å². The topological polar surface area (TPSA) is 37.8 Å². The van der Waals surface area contributed by atoms with Gasteiger partial charge in [-0.3, -0.25) is 9.89 Å². The summed E-state index contributed by atoms with van der Waals surface area (Å²) in [6.07, 6.45) is 0.643. The molecule has 5 heteroatoms. The third-order valence-electron chi connectivity index (χ3n) is 2.71. The number of aryl methyl sites for hydroxylation is 1. The Balaban J connectivity index is 2.61. The number of halogens is 2.